The van der Waals surface area contributed by atoms with Crippen LogP contribution in [0.2, 0.25) is 0 Å². The number of carbonyl (C=O) groups excluding carboxylic acids is 2. The van der Waals surface area contributed by atoms with Crippen molar-refractivity contribution in [1.82, 2.24) is 14.4 Å². The van der Waals surface area contributed by atoms with Crippen molar-refractivity contribution in [1.29, 1.82) is 0 Å². The zero-order chi connectivity index (χ0) is 20.5. The van der Waals surface area contributed by atoms with Crippen molar-refractivity contribution in [3.8, 4) is 0 Å². The van der Waals surface area contributed by atoms with Crippen LogP contribution >= 0.6 is 0 Å². The number of nitrogens with zero attached hydrogens (tertiary/aromatic N) is 3. The second-order valence-electron chi connectivity index (χ2n) is 7.61. The molecule has 0 radical (unpaired) electrons. The molecule has 0 unspecified atom stereocenters. The van der Waals surface area contributed by atoms with E-state index in [1.54, 1.807) is 10.7 Å². The highest BCUT2D eigenvalue weighted by atomic mass is 16.2. The summed E-state index contributed by atoms with van der Waals surface area (Å²) < 4.78 is 1.76. The largest absolute Gasteiger partial charge is 0.364 e. The summed E-state index contributed by atoms with van der Waals surface area (Å²) in [4.78, 5) is 32.7. The normalized spacial score (nSPS) is 13.3. The summed E-state index contributed by atoms with van der Waals surface area (Å²) in [6, 6.07) is 6.16. The lowest BCUT2D eigenvalue weighted by molar-refractivity contribution is -0.116. The molecule has 150 valence electrons. The van der Waals surface area contributed by atoms with E-state index in [1.807, 2.05) is 26.0 Å². The summed E-state index contributed by atoms with van der Waals surface area (Å²) in [5, 5.41) is 3.10. The first-order chi connectivity index (χ1) is 14.0. The molecular formula is C22H25N5O2. The number of nitrogens with one attached hydrogen (secondary N) is 1. The Balaban J connectivity index is 1.51. The molecule has 2 heterocycles. The van der Waals surface area contributed by atoms with Gasteiger partial charge in [-0.05, 0) is 68.7 Å². The summed E-state index contributed by atoms with van der Waals surface area (Å²) in [6.07, 6.45) is 6.96. The van der Waals surface area contributed by atoms with E-state index in [0.29, 0.717) is 18.5 Å². The molecule has 0 fully saturated rings. The first kappa shape index (κ1) is 19.1. The average molecular weight is 391 g/mol. The highest BCUT2D eigenvalue weighted by Gasteiger charge is 2.18. The van der Waals surface area contributed by atoms with Gasteiger partial charge in [0.1, 0.15) is 6.33 Å². The maximum Gasteiger partial charge on any atom is 0.271 e. The van der Waals surface area contributed by atoms with E-state index < -0.39 is 5.91 Å². The van der Waals surface area contributed by atoms with Gasteiger partial charge in [-0.2, -0.15) is 0 Å². The zero-order valence-corrected chi connectivity index (χ0v) is 16.8. The third-order valence-corrected chi connectivity index (χ3v) is 5.76. The van der Waals surface area contributed by atoms with E-state index in [0.717, 1.165) is 35.5 Å². The molecule has 0 atom stereocenters. The van der Waals surface area contributed by atoms with Crippen LogP contribution in [0.25, 0.3) is 5.65 Å². The van der Waals surface area contributed by atoms with Crippen LogP contribution in [0.5, 0.6) is 0 Å². The molecule has 7 nitrogen and oxygen atoms in total. The number of hydrogen-bond acceptors (Lipinski definition) is 4. The molecule has 2 aromatic heterocycles. The number of anilines is 1. The number of carbonyl (C=O) groups is 2. The molecule has 1 aliphatic rings. The maximum atomic E-state index is 12.6. The number of hydrogen-bond donors (Lipinski definition) is 2. The third kappa shape index (κ3) is 3.60. The van der Waals surface area contributed by atoms with Crippen molar-refractivity contribution in [3.05, 3.63) is 58.3 Å². The van der Waals surface area contributed by atoms with Crippen LogP contribution in [0.15, 0.2) is 24.5 Å². The summed E-state index contributed by atoms with van der Waals surface area (Å²) in [6.45, 7) is 3.82. The van der Waals surface area contributed by atoms with Gasteiger partial charge in [0.2, 0.25) is 5.91 Å². The molecule has 1 aliphatic carbocycles. The van der Waals surface area contributed by atoms with Crippen molar-refractivity contribution in [2.45, 2.75) is 52.4 Å². The Labute approximate surface area is 169 Å². The molecule has 7 heteroatoms. The van der Waals surface area contributed by atoms with E-state index in [-0.39, 0.29) is 11.6 Å². The average Bonchev–Trinajstić information content (AvgIpc) is 3.12. The second kappa shape index (κ2) is 7.66. The lowest BCUT2D eigenvalue weighted by Gasteiger charge is -2.19. The van der Waals surface area contributed by atoms with E-state index in [2.05, 4.69) is 21.4 Å². The number of amides is 2. The molecule has 0 spiro atoms. The Morgan fingerprint density at radius 2 is 2.00 bits per heavy atom. The van der Waals surface area contributed by atoms with Crippen LogP contribution in [0, 0.1) is 13.8 Å². The van der Waals surface area contributed by atoms with Crippen LogP contribution in [0.1, 0.15) is 57.8 Å². The minimum absolute atomic E-state index is 0.00803. The molecule has 3 aromatic rings. The second-order valence-corrected chi connectivity index (χ2v) is 7.61. The predicted octanol–water partition coefficient (Wildman–Crippen LogP) is 2.90. The highest BCUT2D eigenvalue weighted by Crippen LogP contribution is 2.28. The molecule has 29 heavy (non-hydrogen) atoms. The van der Waals surface area contributed by atoms with Gasteiger partial charge in [0.15, 0.2) is 11.3 Å². The number of benzene rings is 1. The molecule has 1 aromatic carbocycles. The molecule has 0 saturated heterocycles. The van der Waals surface area contributed by atoms with Crippen LogP contribution in [0.3, 0.4) is 0 Å². The number of rotatable bonds is 5. The van der Waals surface area contributed by atoms with Crippen LogP contribution in [0.4, 0.5) is 5.69 Å². The van der Waals surface area contributed by atoms with Gasteiger partial charge in [0, 0.05) is 23.5 Å². The molecule has 0 bridgehead atoms. The van der Waals surface area contributed by atoms with Crippen molar-refractivity contribution in [2.24, 2.45) is 5.73 Å². The summed E-state index contributed by atoms with van der Waals surface area (Å²) in [7, 11) is 0. The lowest BCUT2D eigenvalue weighted by Crippen LogP contribution is -2.17. The maximum absolute atomic E-state index is 12.6. The Hall–Kier alpha value is -3.22. The molecular weight excluding hydrogens is 366 g/mol. The number of aromatic nitrogens is 3. The van der Waals surface area contributed by atoms with Gasteiger partial charge in [-0.3, -0.25) is 14.0 Å². The fourth-order valence-electron chi connectivity index (χ4n) is 4.21. The Kier molecular flexibility index (Phi) is 5.05. The van der Waals surface area contributed by atoms with Crippen LogP contribution < -0.4 is 11.1 Å². The predicted molar refractivity (Wildman–Crippen MR) is 111 cm³/mol. The quantitative estimate of drug-likeness (QED) is 0.698. The number of fused-ring (bicyclic) bond motifs is 2. The van der Waals surface area contributed by atoms with E-state index in [9.17, 15) is 9.59 Å². The fraction of sp³-hybridized carbons (Fsp3) is 0.364. The third-order valence-electron chi connectivity index (χ3n) is 5.76. The van der Waals surface area contributed by atoms with Gasteiger partial charge in [0.05, 0.1) is 0 Å². The van der Waals surface area contributed by atoms with Gasteiger partial charge in [0.25, 0.3) is 5.91 Å². The lowest BCUT2D eigenvalue weighted by atomic mass is 9.90. The Morgan fingerprint density at radius 1 is 1.21 bits per heavy atom. The van der Waals surface area contributed by atoms with E-state index in [4.69, 9.17) is 5.73 Å². The van der Waals surface area contributed by atoms with E-state index in [1.165, 1.54) is 24.0 Å². The standard InChI is InChI=1S/C22H25N5O2/c1-13-16(14(2)27-12-24-20(21(23)29)22(27)25-13)10-11-19(28)26-18-9-5-7-15-6-3-4-8-17(15)18/h5,7,9,12H,3-4,6,8,10-11H2,1-2H3,(H2,23,29)(H,26,28). The fourth-order valence-corrected chi connectivity index (χ4v) is 4.21. The molecule has 4 rings (SSSR count). The molecule has 0 saturated carbocycles. The molecule has 2 amide bonds. The minimum Gasteiger partial charge on any atom is -0.364 e. The summed E-state index contributed by atoms with van der Waals surface area (Å²) in [5.74, 6) is -0.608. The van der Waals surface area contributed by atoms with Crippen molar-refractivity contribution in [2.75, 3.05) is 5.32 Å². The van der Waals surface area contributed by atoms with Gasteiger partial charge >= 0.3 is 0 Å². The number of primary amides is 1. The SMILES string of the molecule is Cc1nc2c(C(N)=O)ncn2c(C)c1CCC(=O)Nc1cccc2c1CCCC2. The zero-order valence-electron chi connectivity index (χ0n) is 16.8. The minimum atomic E-state index is -0.600. The number of aryl methyl sites for hydroxylation is 3. The van der Waals surface area contributed by atoms with Gasteiger partial charge in [-0.15, -0.1) is 0 Å². The first-order valence-corrected chi connectivity index (χ1v) is 9.99. The van der Waals surface area contributed by atoms with Crippen molar-refractivity contribution >= 4 is 23.1 Å². The van der Waals surface area contributed by atoms with Gasteiger partial charge in [-0.25, -0.2) is 9.97 Å². The topological polar surface area (TPSA) is 102 Å². The monoisotopic (exact) mass is 391 g/mol. The summed E-state index contributed by atoms with van der Waals surface area (Å²) >= 11 is 0. The van der Waals surface area contributed by atoms with Gasteiger partial charge < -0.3 is 11.1 Å². The molecule has 0 aliphatic heterocycles. The van der Waals surface area contributed by atoms with Crippen LogP contribution in [-0.2, 0) is 24.1 Å². The number of imidazole rings is 1. The smallest absolute Gasteiger partial charge is 0.271 e. The van der Waals surface area contributed by atoms with Crippen molar-refractivity contribution < 1.29 is 9.59 Å². The molecule has 3 N–H and O–H groups in total. The highest BCUT2D eigenvalue weighted by molar-refractivity contribution is 5.96. The van der Waals surface area contributed by atoms with E-state index >= 15 is 0 Å². The Bertz CT molecular complexity index is 1120. The van der Waals surface area contributed by atoms with Crippen LogP contribution in [-0.4, -0.2) is 26.2 Å². The van der Waals surface area contributed by atoms with Gasteiger partial charge in [-0.1, -0.05) is 12.1 Å². The number of nitrogens with two attached hydrogens (primary N) is 1. The van der Waals surface area contributed by atoms with Crippen molar-refractivity contribution in [3.63, 3.8) is 0 Å². The summed E-state index contributed by atoms with van der Waals surface area (Å²) in [5.41, 5.74) is 12.2. The Morgan fingerprint density at radius 3 is 2.79 bits per heavy atom. The first-order valence-electron chi connectivity index (χ1n) is 9.99.